The zero-order valence-corrected chi connectivity index (χ0v) is 13.0. The van der Waals surface area contributed by atoms with Gasteiger partial charge in [-0.3, -0.25) is 4.79 Å². The van der Waals surface area contributed by atoms with Crippen molar-refractivity contribution >= 4 is 5.91 Å². The summed E-state index contributed by atoms with van der Waals surface area (Å²) in [5.74, 6) is 2.28. The number of hydrogen-bond donors (Lipinski definition) is 0. The van der Waals surface area contributed by atoms with E-state index < -0.39 is 0 Å². The number of para-hydroxylation sites is 1. The average Bonchev–Trinajstić information content (AvgIpc) is 3.39. The van der Waals surface area contributed by atoms with E-state index in [2.05, 4.69) is 6.92 Å². The predicted molar refractivity (Wildman–Crippen MR) is 87.2 cm³/mol. The SMILES string of the molecule is CC(C1CC1)N(C)C(=O)c1ccc(Oc2ccccc2)cc1. The molecule has 3 rings (SSSR count). The molecule has 1 saturated carbocycles. The summed E-state index contributed by atoms with van der Waals surface area (Å²) in [4.78, 5) is 14.3. The van der Waals surface area contributed by atoms with Crippen molar-refractivity contribution in [1.29, 1.82) is 0 Å². The summed E-state index contributed by atoms with van der Waals surface area (Å²) < 4.78 is 5.74. The number of benzene rings is 2. The molecule has 1 atom stereocenters. The molecular weight excluding hydrogens is 274 g/mol. The topological polar surface area (TPSA) is 29.5 Å². The molecule has 0 spiro atoms. The largest absolute Gasteiger partial charge is 0.457 e. The van der Waals surface area contributed by atoms with Crippen LogP contribution in [0.2, 0.25) is 0 Å². The Kier molecular flexibility index (Phi) is 4.14. The van der Waals surface area contributed by atoms with Crippen LogP contribution in [0.1, 0.15) is 30.1 Å². The lowest BCUT2D eigenvalue weighted by Gasteiger charge is -2.25. The first-order valence-electron chi connectivity index (χ1n) is 7.75. The van der Waals surface area contributed by atoms with Crippen molar-refractivity contribution in [3.63, 3.8) is 0 Å². The van der Waals surface area contributed by atoms with Gasteiger partial charge in [-0.15, -0.1) is 0 Å². The third kappa shape index (κ3) is 3.30. The maximum atomic E-state index is 12.5. The molecule has 22 heavy (non-hydrogen) atoms. The fourth-order valence-corrected chi connectivity index (χ4v) is 2.57. The van der Waals surface area contributed by atoms with Gasteiger partial charge in [-0.2, -0.15) is 0 Å². The van der Waals surface area contributed by atoms with Crippen LogP contribution in [0.25, 0.3) is 0 Å². The standard InChI is InChI=1S/C19H21NO2/c1-14(15-8-9-15)20(2)19(21)16-10-12-18(13-11-16)22-17-6-4-3-5-7-17/h3-7,10-15H,8-9H2,1-2H3. The zero-order valence-electron chi connectivity index (χ0n) is 13.0. The number of carbonyl (C=O) groups is 1. The Hall–Kier alpha value is -2.29. The van der Waals surface area contributed by atoms with Crippen molar-refractivity contribution in [3.05, 3.63) is 60.2 Å². The van der Waals surface area contributed by atoms with Crippen molar-refractivity contribution in [1.82, 2.24) is 4.90 Å². The fraction of sp³-hybridized carbons (Fsp3) is 0.316. The minimum absolute atomic E-state index is 0.0747. The molecule has 0 aliphatic heterocycles. The molecule has 0 bridgehead atoms. The minimum Gasteiger partial charge on any atom is -0.457 e. The van der Waals surface area contributed by atoms with Gasteiger partial charge in [0.15, 0.2) is 0 Å². The van der Waals surface area contributed by atoms with Gasteiger partial charge in [-0.05, 0) is 62.1 Å². The summed E-state index contributed by atoms with van der Waals surface area (Å²) in [5.41, 5.74) is 0.704. The summed E-state index contributed by atoms with van der Waals surface area (Å²) in [6.45, 7) is 2.13. The molecule has 2 aromatic rings. The molecule has 1 aliphatic carbocycles. The van der Waals surface area contributed by atoms with Gasteiger partial charge in [0.1, 0.15) is 11.5 Å². The molecule has 1 fully saturated rings. The molecule has 0 radical (unpaired) electrons. The lowest BCUT2D eigenvalue weighted by molar-refractivity contribution is 0.0727. The van der Waals surface area contributed by atoms with Crippen LogP contribution >= 0.6 is 0 Å². The Bertz CT molecular complexity index is 632. The number of ether oxygens (including phenoxy) is 1. The molecule has 0 N–H and O–H groups in total. The van der Waals surface area contributed by atoms with Crippen LogP contribution in [0.4, 0.5) is 0 Å². The Morgan fingerprint density at radius 1 is 1.05 bits per heavy atom. The Morgan fingerprint density at radius 2 is 1.64 bits per heavy atom. The highest BCUT2D eigenvalue weighted by atomic mass is 16.5. The third-order valence-corrected chi connectivity index (χ3v) is 4.32. The third-order valence-electron chi connectivity index (χ3n) is 4.32. The van der Waals surface area contributed by atoms with Crippen LogP contribution in [0.5, 0.6) is 11.5 Å². The maximum absolute atomic E-state index is 12.5. The Balaban J connectivity index is 1.67. The minimum atomic E-state index is 0.0747. The predicted octanol–water partition coefficient (Wildman–Crippen LogP) is 4.35. The van der Waals surface area contributed by atoms with Gasteiger partial charge in [-0.1, -0.05) is 18.2 Å². The Morgan fingerprint density at radius 3 is 2.23 bits per heavy atom. The number of hydrogen-bond acceptors (Lipinski definition) is 2. The second-order valence-electron chi connectivity index (χ2n) is 5.93. The first kappa shape index (κ1) is 14.6. The highest BCUT2D eigenvalue weighted by Crippen LogP contribution is 2.35. The van der Waals surface area contributed by atoms with Crippen molar-refractivity contribution in [2.45, 2.75) is 25.8 Å². The van der Waals surface area contributed by atoms with Gasteiger partial charge in [0, 0.05) is 18.7 Å². The maximum Gasteiger partial charge on any atom is 0.253 e. The fourth-order valence-electron chi connectivity index (χ4n) is 2.57. The second-order valence-corrected chi connectivity index (χ2v) is 5.93. The summed E-state index contributed by atoms with van der Waals surface area (Å²) in [6, 6.07) is 17.3. The van der Waals surface area contributed by atoms with E-state index in [1.165, 1.54) is 12.8 Å². The summed E-state index contributed by atoms with van der Waals surface area (Å²) in [6.07, 6.45) is 2.48. The van der Waals surface area contributed by atoms with Gasteiger partial charge in [-0.25, -0.2) is 0 Å². The zero-order chi connectivity index (χ0) is 15.5. The number of nitrogens with zero attached hydrogens (tertiary/aromatic N) is 1. The number of carbonyl (C=O) groups excluding carboxylic acids is 1. The van der Waals surface area contributed by atoms with Crippen molar-refractivity contribution in [2.75, 3.05) is 7.05 Å². The van der Waals surface area contributed by atoms with Crippen molar-refractivity contribution in [2.24, 2.45) is 5.92 Å². The quantitative estimate of drug-likeness (QED) is 0.820. The number of amides is 1. The summed E-state index contributed by atoms with van der Waals surface area (Å²) in [5, 5.41) is 0. The lowest BCUT2D eigenvalue weighted by atomic mass is 10.1. The van der Waals surface area contributed by atoms with E-state index in [-0.39, 0.29) is 5.91 Å². The summed E-state index contributed by atoms with van der Waals surface area (Å²) >= 11 is 0. The first-order chi connectivity index (χ1) is 10.6. The van der Waals surface area contributed by atoms with Gasteiger partial charge in [0.05, 0.1) is 0 Å². The molecular formula is C19H21NO2. The van der Waals surface area contributed by atoms with Crippen LogP contribution in [-0.2, 0) is 0 Å². The monoisotopic (exact) mass is 295 g/mol. The molecule has 0 aromatic heterocycles. The summed E-state index contributed by atoms with van der Waals surface area (Å²) in [7, 11) is 1.89. The van der Waals surface area contributed by atoms with Gasteiger partial charge in [0.25, 0.3) is 5.91 Å². The normalized spacial score (nSPS) is 15.2. The van der Waals surface area contributed by atoms with Gasteiger partial charge in [0.2, 0.25) is 0 Å². The molecule has 2 aromatic carbocycles. The number of rotatable bonds is 5. The van der Waals surface area contributed by atoms with E-state index in [9.17, 15) is 4.79 Å². The van der Waals surface area contributed by atoms with E-state index >= 15 is 0 Å². The highest BCUT2D eigenvalue weighted by Gasteiger charge is 2.32. The average molecular weight is 295 g/mol. The van der Waals surface area contributed by atoms with Gasteiger partial charge < -0.3 is 9.64 Å². The Labute approximate surface area is 131 Å². The molecule has 3 heteroatoms. The van der Waals surface area contributed by atoms with E-state index in [1.807, 2.05) is 66.5 Å². The van der Waals surface area contributed by atoms with Crippen LogP contribution < -0.4 is 4.74 Å². The van der Waals surface area contributed by atoms with Crippen molar-refractivity contribution in [3.8, 4) is 11.5 Å². The molecule has 0 heterocycles. The van der Waals surface area contributed by atoms with E-state index in [0.29, 0.717) is 17.5 Å². The van der Waals surface area contributed by atoms with E-state index in [4.69, 9.17) is 4.74 Å². The molecule has 114 valence electrons. The van der Waals surface area contributed by atoms with Crippen LogP contribution in [0.15, 0.2) is 54.6 Å². The smallest absolute Gasteiger partial charge is 0.253 e. The molecule has 1 aliphatic rings. The highest BCUT2D eigenvalue weighted by molar-refractivity contribution is 5.94. The van der Waals surface area contributed by atoms with Crippen LogP contribution in [0.3, 0.4) is 0 Å². The van der Waals surface area contributed by atoms with Gasteiger partial charge >= 0.3 is 0 Å². The lowest BCUT2D eigenvalue weighted by Crippen LogP contribution is -2.36. The molecule has 1 unspecified atom stereocenters. The molecule has 0 saturated heterocycles. The van der Waals surface area contributed by atoms with E-state index in [1.54, 1.807) is 0 Å². The van der Waals surface area contributed by atoms with E-state index in [0.717, 1.165) is 11.5 Å². The van der Waals surface area contributed by atoms with Crippen molar-refractivity contribution < 1.29 is 9.53 Å². The van der Waals surface area contributed by atoms with Crippen LogP contribution in [-0.4, -0.2) is 23.9 Å². The first-order valence-corrected chi connectivity index (χ1v) is 7.75. The second kappa shape index (κ2) is 6.22. The molecule has 3 nitrogen and oxygen atoms in total. The van der Waals surface area contributed by atoms with Crippen LogP contribution in [0, 0.1) is 5.92 Å². The molecule has 1 amide bonds.